The lowest BCUT2D eigenvalue weighted by atomic mass is 10.1. The first-order valence-electron chi connectivity index (χ1n) is 3.94. The third-order valence-electron chi connectivity index (χ3n) is 1.74. The Morgan fingerprint density at radius 1 is 1.31 bits per heavy atom. The molecule has 0 saturated carbocycles. The Morgan fingerprint density at radius 3 is 2.92 bits per heavy atom. The molecule has 0 fully saturated rings. The fourth-order valence-corrected chi connectivity index (χ4v) is 1.13. The van der Waals surface area contributed by atoms with E-state index in [0.29, 0.717) is 0 Å². The van der Waals surface area contributed by atoms with Gasteiger partial charge >= 0.3 is 0 Å². The minimum absolute atomic E-state index is 0.252. The quantitative estimate of drug-likeness (QED) is 0.644. The summed E-state index contributed by atoms with van der Waals surface area (Å²) >= 11 is 0. The van der Waals surface area contributed by atoms with Gasteiger partial charge in [-0.05, 0) is 29.8 Å². The maximum absolute atomic E-state index is 12.8. The van der Waals surface area contributed by atoms with Crippen molar-refractivity contribution in [3.63, 3.8) is 0 Å². The van der Waals surface area contributed by atoms with Gasteiger partial charge in [0.05, 0.1) is 0 Å². The smallest absolute Gasteiger partial charge is 0.123 e. The first-order valence-corrected chi connectivity index (χ1v) is 3.94. The van der Waals surface area contributed by atoms with Crippen LogP contribution in [0.25, 0.3) is 11.1 Å². The molecule has 0 N–H and O–H groups in total. The lowest BCUT2D eigenvalue weighted by molar-refractivity contribution is 0.628. The molecule has 0 aliphatic heterocycles. The van der Waals surface area contributed by atoms with E-state index in [1.807, 2.05) is 12.1 Å². The van der Waals surface area contributed by atoms with Crippen LogP contribution < -0.4 is 0 Å². The van der Waals surface area contributed by atoms with Gasteiger partial charge in [-0.2, -0.15) is 0 Å². The van der Waals surface area contributed by atoms with Gasteiger partial charge in [-0.3, -0.25) is 4.98 Å². The number of rotatable bonds is 1. The molecular formula is C11H7FN. The van der Waals surface area contributed by atoms with Crippen molar-refractivity contribution in [2.45, 2.75) is 0 Å². The first kappa shape index (κ1) is 7.92. The second kappa shape index (κ2) is 3.35. The monoisotopic (exact) mass is 172 g/mol. The number of pyridine rings is 1. The van der Waals surface area contributed by atoms with Gasteiger partial charge in [0.25, 0.3) is 0 Å². The summed E-state index contributed by atoms with van der Waals surface area (Å²) in [7, 11) is 0. The van der Waals surface area contributed by atoms with Crippen molar-refractivity contribution in [1.82, 2.24) is 4.98 Å². The summed E-state index contributed by atoms with van der Waals surface area (Å²) in [6.45, 7) is 0. The molecule has 1 nitrogen and oxygen atoms in total. The Balaban J connectivity index is 2.48. The molecule has 13 heavy (non-hydrogen) atoms. The van der Waals surface area contributed by atoms with Crippen LogP contribution in [0.4, 0.5) is 4.39 Å². The van der Waals surface area contributed by atoms with E-state index < -0.39 is 0 Å². The van der Waals surface area contributed by atoms with Crippen molar-refractivity contribution in [3.8, 4) is 11.1 Å². The highest BCUT2D eigenvalue weighted by atomic mass is 19.1. The molecular weight excluding hydrogens is 165 g/mol. The lowest BCUT2D eigenvalue weighted by Gasteiger charge is -1.98. The predicted molar refractivity (Wildman–Crippen MR) is 48.5 cm³/mol. The molecule has 1 radical (unpaired) electrons. The highest BCUT2D eigenvalue weighted by Gasteiger charge is 1.97. The summed E-state index contributed by atoms with van der Waals surface area (Å²) in [4.78, 5) is 3.95. The zero-order chi connectivity index (χ0) is 9.10. The number of hydrogen-bond acceptors (Lipinski definition) is 1. The Bertz CT molecular complexity index is 398. The summed E-state index contributed by atoms with van der Waals surface area (Å²) in [6.07, 6.45) is 3.37. The normalized spacial score (nSPS) is 9.92. The molecule has 63 valence electrons. The molecule has 0 aliphatic carbocycles. The number of benzene rings is 1. The number of nitrogens with zero attached hydrogens (tertiary/aromatic N) is 1. The second-order valence-corrected chi connectivity index (χ2v) is 2.66. The maximum Gasteiger partial charge on any atom is 0.123 e. The summed E-state index contributed by atoms with van der Waals surface area (Å²) in [6, 6.07) is 11.0. The van der Waals surface area contributed by atoms with Crippen molar-refractivity contribution in [2.75, 3.05) is 0 Å². The van der Waals surface area contributed by atoms with Crippen LogP contribution in [0.2, 0.25) is 0 Å². The predicted octanol–water partition coefficient (Wildman–Crippen LogP) is 2.69. The minimum atomic E-state index is -0.252. The first-order chi connectivity index (χ1) is 6.36. The average molecular weight is 172 g/mol. The molecule has 0 unspecified atom stereocenters. The van der Waals surface area contributed by atoms with Gasteiger partial charge in [0.1, 0.15) is 5.82 Å². The van der Waals surface area contributed by atoms with Gasteiger partial charge in [-0.25, -0.2) is 4.39 Å². The van der Waals surface area contributed by atoms with Gasteiger partial charge in [0.15, 0.2) is 0 Å². The van der Waals surface area contributed by atoms with Crippen LogP contribution in [0, 0.1) is 11.9 Å². The largest absolute Gasteiger partial charge is 0.264 e. The highest BCUT2D eigenvalue weighted by molar-refractivity contribution is 5.61. The van der Waals surface area contributed by atoms with Gasteiger partial charge < -0.3 is 0 Å². The van der Waals surface area contributed by atoms with Crippen LogP contribution in [0.5, 0.6) is 0 Å². The molecule has 0 amide bonds. The van der Waals surface area contributed by atoms with E-state index in [0.717, 1.165) is 11.1 Å². The van der Waals surface area contributed by atoms with Gasteiger partial charge in [0, 0.05) is 18.0 Å². The fraction of sp³-hybridized carbons (Fsp3) is 0. The van der Waals surface area contributed by atoms with E-state index in [9.17, 15) is 4.39 Å². The maximum atomic E-state index is 12.8. The Labute approximate surface area is 75.9 Å². The molecule has 1 aromatic heterocycles. The van der Waals surface area contributed by atoms with Crippen LogP contribution in [0.3, 0.4) is 0 Å². The van der Waals surface area contributed by atoms with Gasteiger partial charge in [-0.15, -0.1) is 0 Å². The second-order valence-electron chi connectivity index (χ2n) is 2.66. The highest BCUT2D eigenvalue weighted by Crippen LogP contribution is 2.17. The Morgan fingerprint density at radius 2 is 2.23 bits per heavy atom. The Kier molecular flexibility index (Phi) is 2.04. The van der Waals surface area contributed by atoms with Crippen molar-refractivity contribution in [2.24, 2.45) is 0 Å². The molecule has 2 aromatic rings. The summed E-state index contributed by atoms with van der Waals surface area (Å²) in [5.74, 6) is -0.252. The topological polar surface area (TPSA) is 12.9 Å². The van der Waals surface area contributed by atoms with Crippen molar-refractivity contribution in [3.05, 3.63) is 54.6 Å². The fourth-order valence-electron chi connectivity index (χ4n) is 1.13. The zero-order valence-electron chi connectivity index (χ0n) is 6.87. The number of hydrogen-bond donors (Lipinski definition) is 0. The van der Waals surface area contributed by atoms with E-state index in [2.05, 4.69) is 11.1 Å². The van der Waals surface area contributed by atoms with Crippen LogP contribution in [0.15, 0.2) is 42.7 Å². The van der Waals surface area contributed by atoms with Crippen LogP contribution in [0.1, 0.15) is 0 Å². The minimum Gasteiger partial charge on any atom is -0.264 e. The molecule has 0 atom stereocenters. The zero-order valence-corrected chi connectivity index (χ0v) is 6.87. The lowest BCUT2D eigenvalue weighted by Crippen LogP contribution is -1.80. The van der Waals surface area contributed by atoms with Crippen molar-refractivity contribution >= 4 is 0 Å². The molecule has 1 heterocycles. The Hall–Kier alpha value is -1.70. The number of aromatic nitrogens is 1. The number of halogens is 1. The molecule has 2 rings (SSSR count). The van der Waals surface area contributed by atoms with Crippen LogP contribution in [-0.4, -0.2) is 4.98 Å². The van der Waals surface area contributed by atoms with Gasteiger partial charge in [-0.1, -0.05) is 12.1 Å². The van der Waals surface area contributed by atoms with E-state index in [4.69, 9.17) is 0 Å². The van der Waals surface area contributed by atoms with E-state index in [1.165, 1.54) is 12.1 Å². The standard InChI is InChI=1S/C11H7FN/c12-11-5-1-3-9(7-11)10-4-2-6-13-8-10/h1-2,4-8H. The summed E-state index contributed by atoms with van der Waals surface area (Å²) in [5, 5.41) is 0. The van der Waals surface area contributed by atoms with Crippen LogP contribution in [-0.2, 0) is 0 Å². The van der Waals surface area contributed by atoms with E-state index in [-0.39, 0.29) is 5.82 Å². The molecule has 2 heteroatoms. The molecule has 0 aliphatic rings. The van der Waals surface area contributed by atoms with Crippen molar-refractivity contribution < 1.29 is 4.39 Å². The molecule has 1 aromatic carbocycles. The summed E-state index contributed by atoms with van der Waals surface area (Å²) < 4.78 is 12.8. The van der Waals surface area contributed by atoms with E-state index >= 15 is 0 Å². The molecule has 0 saturated heterocycles. The summed E-state index contributed by atoms with van der Waals surface area (Å²) in [5.41, 5.74) is 1.61. The SMILES string of the molecule is Fc1cc[c]c(-c2cccnc2)c1. The third kappa shape index (κ3) is 1.72. The van der Waals surface area contributed by atoms with E-state index in [1.54, 1.807) is 18.5 Å². The van der Waals surface area contributed by atoms with Gasteiger partial charge in [0.2, 0.25) is 0 Å². The van der Waals surface area contributed by atoms with Crippen LogP contribution >= 0.6 is 0 Å². The average Bonchev–Trinajstić information content (AvgIpc) is 2.19. The molecule has 0 spiro atoms. The van der Waals surface area contributed by atoms with Crippen molar-refractivity contribution in [1.29, 1.82) is 0 Å². The third-order valence-corrected chi connectivity index (χ3v) is 1.74. The molecule has 0 bridgehead atoms.